The molecule has 1 aromatic heterocycles. The first-order valence-electron chi connectivity index (χ1n) is 9.62. The second kappa shape index (κ2) is 9.51. The van der Waals surface area contributed by atoms with Gasteiger partial charge in [0.15, 0.2) is 0 Å². The third kappa shape index (κ3) is 6.24. The Bertz CT molecular complexity index is 1160. The van der Waals surface area contributed by atoms with Crippen molar-refractivity contribution in [3.63, 3.8) is 0 Å². The van der Waals surface area contributed by atoms with Crippen LogP contribution in [0.3, 0.4) is 0 Å². The fraction of sp³-hybridized carbons (Fsp3) is 0.217. The highest BCUT2D eigenvalue weighted by molar-refractivity contribution is 5.93. The van der Waals surface area contributed by atoms with Gasteiger partial charge >= 0.3 is 12.8 Å². The van der Waals surface area contributed by atoms with E-state index >= 15 is 0 Å². The minimum atomic E-state index is -4.70. The predicted molar refractivity (Wildman–Crippen MR) is 110 cm³/mol. The summed E-state index contributed by atoms with van der Waals surface area (Å²) in [5, 5.41) is 2.29. The number of amides is 1. The fourth-order valence-corrected chi connectivity index (χ4v) is 3.31. The van der Waals surface area contributed by atoms with Gasteiger partial charge in [0, 0.05) is 22.6 Å². The first-order valence-corrected chi connectivity index (χ1v) is 9.62. The second-order valence-corrected chi connectivity index (χ2v) is 7.26. The van der Waals surface area contributed by atoms with Crippen molar-refractivity contribution in [3.05, 3.63) is 76.9 Å². The molecule has 0 radical (unpaired) electrons. The Kier molecular flexibility index (Phi) is 6.95. The lowest BCUT2D eigenvalue weighted by Gasteiger charge is -2.15. The van der Waals surface area contributed by atoms with E-state index in [1.807, 2.05) is 0 Å². The average molecular weight is 468 g/mol. The van der Waals surface area contributed by atoms with E-state index in [2.05, 4.69) is 15.0 Å². The van der Waals surface area contributed by atoms with E-state index in [0.717, 1.165) is 30.3 Å². The van der Waals surface area contributed by atoms with Crippen LogP contribution in [0.15, 0.2) is 48.5 Å². The molecule has 0 atom stereocenters. The van der Waals surface area contributed by atoms with Crippen molar-refractivity contribution in [1.29, 1.82) is 0 Å². The zero-order valence-electron chi connectivity index (χ0n) is 17.4. The summed E-state index contributed by atoms with van der Waals surface area (Å²) in [6.07, 6.45) is -5.43. The van der Waals surface area contributed by atoms with E-state index in [1.165, 1.54) is 6.07 Å². The van der Waals surface area contributed by atoms with Crippen molar-refractivity contribution in [2.45, 2.75) is 33.1 Å². The number of aryl methyl sites for hydroxylation is 2. The number of pyridine rings is 1. The number of carbonyl (C=O) groups excluding carboxylic acids is 1. The Labute approximate surface area is 185 Å². The molecule has 10 heteroatoms. The molecule has 0 saturated heterocycles. The lowest BCUT2D eigenvalue weighted by Crippen LogP contribution is -2.17. The molecule has 33 heavy (non-hydrogen) atoms. The van der Waals surface area contributed by atoms with E-state index < -0.39 is 47.8 Å². The molecule has 1 amide bonds. The number of anilines is 1. The molecular formula is C23H18F6N2O2. The molecule has 0 aliphatic heterocycles. The third-order valence-corrected chi connectivity index (χ3v) is 4.59. The smallest absolute Gasteiger partial charge is 0.416 e. The lowest BCUT2D eigenvalue weighted by atomic mass is 10.0. The number of ether oxygens (including phenoxy) is 1. The van der Waals surface area contributed by atoms with Crippen molar-refractivity contribution in [2.75, 3.05) is 5.32 Å². The maximum Gasteiger partial charge on any atom is 0.416 e. The summed E-state index contributed by atoms with van der Waals surface area (Å²) in [5.41, 5.74) is 0.199. The van der Waals surface area contributed by atoms with Crippen LogP contribution in [0.5, 0.6) is 5.75 Å². The molecule has 2 aromatic carbocycles. The van der Waals surface area contributed by atoms with Gasteiger partial charge in [-0.3, -0.25) is 9.78 Å². The maximum absolute atomic E-state index is 14.1. The van der Waals surface area contributed by atoms with E-state index in [9.17, 15) is 31.1 Å². The molecule has 3 rings (SSSR count). The molecule has 0 fully saturated rings. The van der Waals surface area contributed by atoms with Crippen LogP contribution in [0.2, 0.25) is 0 Å². The number of nitrogens with zero attached hydrogens (tertiary/aromatic N) is 1. The number of rotatable bonds is 6. The minimum absolute atomic E-state index is 0.182. The molecule has 4 nitrogen and oxygen atoms in total. The lowest BCUT2D eigenvalue weighted by molar-refractivity contribution is -0.137. The number of hydrogen-bond donors (Lipinski definition) is 1. The van der Waals surface area contributed by atoms with Gasteiger partial charge in [0.2, 0.25) is 5.91 Å². The standard InChI is InChI=1S/C23H18F6N2O2/c1-12-6-14(7-13(2)30-12)15-8-16(23(27,28)29)10-17(9-15)31-21(32)11-18-19(24)4-3-5-20(18)33-22(25)26/h3-10,22H,11H2,1-2H3,(H,31,32). The third-order valence-electron chi connectivity index (χ3n) is 4.59. The summed E-state index contributed by atoms with van der Waals surface area (Å²) < 4.78 is 83.9. The highest BCUT2D eigenvalue weighted by atomic mass is 19.4. The van der Waals surface area contributed by atoms with Crippen LogP contribution < -0.4 is 10.1 Å². The molecule has 3 aromatic rings. The number of benzene rings is 2. The van der Waals surface area contributed by atoms with Crippen LogP contribution >= 0.6 is 0 Å². The predicted octanol–water partition coefficient (Wildman–Crippen LogP) is 6.31. The molecule has 1 heterocycles. The summed E-state index contributed by atoms with van der Waals surface area (Å²) in [4.78, 5) is 16.7. The van der Waals surface area contributed by atoms with Crippen LogP contribution in [0, 0.1) is 19.7 Å². The quantitative estimate of drug-likeness (QED) is 0.432. The normalized spacial score (nSPS) is 11.5. The van der Waals surface area contributed by atoms with Crippen LogP contribution in [-0.4, -0.2) is 17.5 Å². The van der Waals surface area contributed by atoms with Crippen LogP contribution in [0.1, 0.15) is 22.5 Å². The van der Waals surface area contributed by atoms with Crippen molar-refractivity contribution in [3.8, 4) is 16.9 Å². The van der Waals surface area contributed by atoms with Crippen molar-refractivity contribution >= 4 is 11.6 Å². The summed E-state index contributed by atoms with van der Waals surface area (Å²) in [6.45, 7) is 0.146. The molecular weight excluding hydrogens is 450 g/mol. The average Bonchev–Trinajstić information content (AvgIpc) is 2.68. The molecule has 0 unspecified atom stereocenters. The van der Waals surface area contributed by atoms with Gasteiger partial charge in [0.25, 0.3) is 0 Å². The first-order chi connectivity index (χ1) is 15.4. The van der Waals surface area contributed by atoms with E-state index in [-0.39, 0.29) is 11.3 Å². The summed E-state index contributed by atoms with van der Waals surface area (Å²) in [7, 11) is 0. The Hall–Kier alpha value is -3.56. The molecule has 1 N–H and O–H groups in total. The van der Waals surface area contributed by atoms with Crippen molar-refractivity contribution in [2.24, 2.45) is 0 Å². The number of aromatic nitrogens is 1. The summed E-state index contributed by atoms with van der Waals surface area (Å²) >= 11 is 0. The van der Waals surface area contributed by atoms with Gasteiger partial charge in [0.05, 0.1) is 12.0 Å². The van der Waals surface area contributed by atoms with Gasteiger partial charge in [0.1, 0.15) is 11.6 Å². The van der Waals surface area contributed by atoms with Crippen LogP contribution in [0.4, 0.5) is 32.0 Å². The number of alkyl halides is 5. The van der Waals surface area contributed by atoms with Gasteiger partial charge < -0.3 is 10.1 Å². The SMILES string of the molecule is Cc1cc(-c2cc(NC(=O)Cc3c(F)cccc3OC(F)F)cc(C(F)(F)F)c2)cc(C)n1. The van der Waals surface area contributed by atoms with Gasteiger partial charge in [-0.15, -0.1) is 0 Å². The Balaban J connectivity index is 1.94. The Morgan fingerprint density at radius 3 is 2.27 bits per heavy atom. The van der Waals surface area contributed by atoms with Gasteiger partial charge in [-0.1, -0.05) is 6.07 Å². The molecule has 0 aliphatic carbocycles. The highest BCUT2D eigenvalue weighted by Gasteiger charge is 2.31. The number of carbonyl (C=O) groups is 1. The number of halogens is 6. The molecule has 0 saturated carbocycles. The number of hydrogen-bond acceptors (Lipinski definition) is 3. The van der Waals surface area contributed by atoms with E-state index in [1.54, 1.807) is 26.0 Å². The van der Waals surface area contributed by atoms with Crippen molar-refractivity contribution < 1.29 is 35.9 Å². The first kappa shape index (κ1) is 24.1. The Morgan fingerprint density at radius 1 is 1.03 bits per heavy atom. The highest BCUT2D eigenvalue weighted by Crippen LogP contribution is 2.35. The Morgan fingerprint density at radius 2 is 1.67 bits per heavy atom. The molecule has 0 bridgehead atoms. The topological polar surface area (TPSA) is 51.2 Å². The zero-order valence-corrected chi connectivity index (χ0v) is 17.4. The zero-order chi connectivity index (χ0) is 24.3. The van der Waals surface area contributed by atoms with Crippen LogP contribution in [-0.2, 0) is 17.4 Å². The monoisotopic (exact) mass is 468 g/mol. The van der Waals surface area contributed by atoms with E-state index in [0.29, 0.717) is 17.0 Å². The molecule has 0 spiro atoms. The minimum Gasteiger partial charge on any atom is -0.434 e. The largest absolute Gasteiger partial charge is 0.434 e. The number of nitrogens with one attached hydrogen (secondary N) is 1. The van der Waals surface area contributed by atoms with Crippen molar-refractivity contribution in [1.82, 2.24) is 4.98 Å². The summed E-state index contributed by atoms with van der Waals surface area (Å²) in [5.74, 6) is -2.41. The van der Waals surface area contributed by atoms with Gasteiger partial charge in [-0.25, -0.2) is 4.39 Å². The second-order valence-electron chi connectivity index (χ2n) is 7.26. The molecule has 0 aliphatic rings. The fourth-order valence-electron chi connectivity index (χ4n) is 3.31. The summed E-state index contributed by atoms with van der Waals surface area (Å²) in [6, 6.07) is 9.36. The molecule has 174 valence electrons. The van der Waals surface area contributed by atoms with Gasteiger partial charge in [-0.2, -0.15) is 22.0 Å². The van der Waals surface area contributed by atoms with Gasteiger partial charge in [-0.05, 0) is 67.4 Å². The van der Waals surface area contributed by atoms with E-state index in [4.69, 9.17) is 0 Å². The maximum atomic E-state index is 14.1. The van der Waals surface area contributed by atoms with Crippen LogP contribution in [0.25, 0.3) is 11.1 Å².